The van der Waals surface area contributed by atoms with Crippen molar-refractivity contribution in [2.24, 2.45) is 5.73 Å². The summed E-state index contributed by atoms with van der Waals surface area (Å²) in [6.45, 7) is 6.11. The number of thioether (sulfide) groups is 1. The molecule has 1 fully saturated rings. The third-order valence-electron chi connectivity index (χ3n) is 3.62. The summed E-state index contributed by atoms with van der Waals surface area (Å²) in [5.74, 6) is 0.961. The number of benzene rings is 1. The Kier molecular flexibility index (Phi) is 5.11. The van der Waals surface area contributed by atoms with Crippen LogP contribution in [0.25, 0.3) is 0 Å². The summed E-state index contributed by atoms with van der Waals surface area (Å²) in [4.78, 5) is 2.15. The second-order valence-electron chi connectivity index (χ2n) is 5.29. The zero-order valence-electron chi connectivity index (χ0n) is 11.7. The Morgan fingerprint density at radius 1 is 1.53 bits per heavy atom. The van der Waals surface area contributed by atoms with Crippen LogP contribution in [0, 0.1) is 5.82 Å². The van der Waals surface area contributed by atoms with Crippen molar-refractivity contribution in [1.29, 1.82) is 0 Å². The fraction of sp³-hybridized carbons (Fsp3) is 0.600. The SMILES string of the molecule is CCC(N)Cc1ccc(N2CCSC(C)C2)c(F)c1. The van der Waals surface area contributed by atoms with Gasteiger partial charge in [0.25, 0.3) is 0 Å². The van der Waals surface area contributed by atoms with Crippen LogP contribution in [0.4, 0.5) is 10.1 Å². The van der Waals surface area contributed by atoms with Crippen molar-refractivity contribution in [1.82, 2.24) is 0 Å². The van der Waals surface area contributed by atoms with Gasteiger partial charge in [-0.25, -0.2) is 4.39 Å². The van der Waals surface area contributed by atoms with E-state index < -0.39 is 0 Å². The maximum atomic E-state index is 14.2. The topological polar surface area (TPSA) is 29.3 Å². The Morgan fingerprint density at radius 3 is 2.95 bits per heavy atom. The normalized spacial score (nSPS) is 21.5. The molecule has 0 radical (unpaired) electrons. The van der Waals surface area contributed by atoms with Crippen LogP contribution in [0.3, 0.4) is 0 Å². The van der Waals surface area contributed by atoms with E-state index in [1.807, 2.05) is 23.9 Å². The van der Waals surface area contributed by atoms with Gasteiger partial charge >= 0.3 is 0 Å². The lowest BCUT2D eigenvalue weighted by Gasteiger charge is -2.32. The van der Waals surface area contributed by atoms with Gasteiger partial charge in [0.2, 0.25) is 0 Å². The Morgan fingerprint density at radius 2 is 2.32 bits per heavy atom. The van der Waals surface area contributed by atoms with Crippen LogP contribution in [-0.2, 0) is 6.42 Å². The van der Waals surface area contributed by atoms with E-state index in [2.05, 4.69) is 18.7 Å². The molecule has 0 saturated carbocycles. The number of nitrogens with zero attached hydrogens (tertiary/aromatic N) is 1. The van der Waals surface area contributed by atoms with E-state index in [1.165, 1.54) is 0 Å². The van der Waals surface area contributed by atoms with Gasteiger partial charge in [-0.3, -0.25) is 0 Å². The summed E-state index contributed by atoms with van der Waals surface area (Å²) in [6, 6.07) is 5.70. The van der Waals surface area contributed by atoms with Crippen LogP contribution in [0.1, 0.15) is 25.8 Å². The van der Waals surface area contributed by atoms with E-state index in [0.717, 1.165) is 42.9 Å². The molecule has 0 spiro atoms. The Balaban J connectivity index is 2.10. The number of nitrogens with two attached hydrogens (primary N) is 1. The predicted molar refractivity (Wildman–Crippen MR) is 82.5 cm³/mol. The molecule has 2 rings (SSSR count). The first-order chi connectivity index (χ1) is 9.10. The summed E-state index contributed by atoms with van der Waals surface area (Å²) in [7, 11) is 0. The number of rotatable bonds is 4. The van der Waals surface area contributed by atoms with Gasteiger partial charge in [-0.05, 0) is 30.5 Å². The maximum Gasteiger partial charge on any atom is 0.146 e. The fourth-order valence-corrected chi connectivity index (χ4v) is 3.43. The molecule has 1 aliphatic rings. The van der Waals surface area contributed by atoms with Crippen molar-refractivity contribution in [3.63, 3.8) is 0 Å². The highest BCUT2D eigenvalue weighted by atomic mass is 32.2. The molecule has 2 nitrogen and oxygen atoms in total. The number of hydrogen-bond donors (Lipinski definition) is 1. The molecule has 4 heteroatoms. The van der Waals surface area contributed by atoms with Crippen molar-refractivity contribution in [2.75, 3.05) is 23.7 Å². The predicted octanol–water partition coefficient (Wildman–Crippen LogP) is 3.05. The fourth-order valence-electron chi connectivity index (χ4n) is 2.42. The van der Waals surface area contributed by atoms with E-state index in [-0.39, 0.29) is 11.9 Å². The molecule has 1 aromatic carbocycles. The van der Waals surface area contributed by atoms with Crippen LogP contribution < -0.4 is 10.6 Å². The van der Waals surface area contributed by atoms with Gasteiger partial charge in [0.1, 0.15) is 5.82 Å². The first kappa shape index (κ1) is 14.7. The lowest BCUT2D eigenvalue weighted by molar-refractivity contribution is 0.606. The molecule has 1 heterocycles. The average Bonchev–Trinajstić information content (AvgIpc) is 2.38. The first-order valence-electron chi connectivity index (χ1n) is 7.00. The molecule has 1 aromatic rings. The molecule has 0 amide bonds. The van der Waals surface area contributed by atoms with Gasteiger partial charge in [-0.15, -0.1) is 0 Å². The van der Waals surface area contributed by atoms with Crippen molar-refractivity contribution >= 4 is 17.4 Å². The van der Waals surface area contributed by atoms with Crippen LogP contribution in [0.2, 0.25) is 0 Å². The van der Waals surface area contributed by atoms with E-state index >= 15 is 0 Å². The van der Waals surface area contributed by atoms with Crippen molar-refractivity contribution in [3.05, 3.63) is 29.6 Å². The third-order valence-corrected chi connectivity index (χ3v) is 4.75. The van der Waals surface area contributed by atoms with E-state index in [9.17, 15) is 4.39 Å². The zero-order chi connectivity index (χ0) is 13.8. The zero-order valence-corrected chi connectivity index (χ0v) is 12.5. The number of anilines is 1. The number of hydrogen-bond acceptors (Lipinski definition) is 3. The minimum atomic E-state index is -0.111. The van der Waals surface area contributed by atoms with E-state index in [0.29, 0.717) is 5.25 Å². The minimum absolute atomic E-state index is 0.111. The maximum absolute atomic E-state index is 14.2. The highest BCUT2D eigenvalue weighted by Gasteiger charge is 2.19. The van der Waals surface area contributed by atoms with Gasteiger partial charge in [-0.2, -0.15) is 11.8 Å². The minimum Gasteiger partial charge on any atom is -0.367 e. The highest BCUT2D eigenvalue weighted by molar-refractivity contribution is 8.00. The molecule has 0 aliphatic carbocycles. The molecule has 2 N–H and O–H groups in total. The van der Waals surface area contributed by atoms with Crippen LogP contribution >= 0.6 is 11.8 Å². The average molecular weight is 282 g/mol. The standard InChI is InChI=1S/C15H23FN2S/c1-3-13(17)8-12-4-5-15(14(16)9-12)18-6-7-19-11(2)10-18/h4-5,9,11,13H,3,6-8,10,17H2,1-2H3. The molecule has 0 aromatic heterocycles. The lowest BCUT2D eigenvalue weighted by Crippen LogP contribution is -2.37. The molecule has 1 aliphatic heterocycles. The van der Waals surface area contributed by atoms with Gasteiger partial charge in [0, 0.05) is 30.1 Å². The molecule has 0 bridgehead atoms. The van der Waals surface area contributed by atoms with E-state index in [4.69, 9.17) is 5.73 Å². The molecular weight excluding hydrogens is 259 g/mol. The summed E-state index contributed by atoms with van der Waals surface area (Å²) in [6.07, 6.45) is 1.67. The quantitative estimate of drug-likeness (QED) is 0.920. The third kappa shape index (κ3) is 3.86. The summed E-state index contributed by atoms with van der Waals surface area (Å²) >= 11 is 1.96. The second-order valence-corrected chi connectivity index (χ2v) is 6.83. The van der Waals surface area contributed by atoms with Crippen molar-refractivity contribution in [3.8, 4) is 0 Å². The Labute approximate surface area is 119 Å². The summed E-state index contributed by atoms with van der Waals surface area (Å²) in [5, 5.41) is 0.571. The van der Waals surface area contributed by atoms with E-state index in [1.54, 1.807) is 6.07 Å². The van der Waals surface area contributed by atoms with Crippen LogP contribution in [0.5, 0.6) is 0 Å². The molecular formula is C15H23FN2S. The molecule has 2 unspecified atom stereocenters. The van der Waals surface area contributed by atoms with Gasteiger partial charge in [0.15, 0.2) is 0 Å². The number of halogens is 1. The lowest BCUT2D eigenvalue weighted by atomic mass is 10.0. The van der Waals surface area contributed by atoms with Gasteiger partial charge in [0.05, 0.1) is 5.69 Å². The van der Waals surface area contributed by atoms with Crippen molar-refractivity contribution in [2.45, 2.75) is 38.0 Å². The largest absolute Gasteiger partial charge is 0.367 e. The second kappa shape index (κ2) is 6.62. The van der Waals surface area contributed by atoms with Crippen LogP contribution in [0.15, 0.2) is 18.2 Å². The molecule has 1 saturated heterocycles. The summed E-state index contributed by atoms with van der Waals surface area (Å²) < 4.78 is 14.2. The molecule has 2 atom stereocenters. The Bertz CT molecular complexity index is 425. The smallest absolute Gasteiger partial charge is 0.146 e. The highest BCUT2D eigenvalue weighted by Crippen LogP contribution is 2.26. The summed E-state index contributed by atoms with van der Waals surface area (Å²) in [5.41, 5.74) is 7.65. The first-order valence-corrected chi connectivity index (χ1v) is 8.05. The van der Waals surface area contributed by atoms with Gasteiger partial charge < -0.3 is 10.6 Å². The Hall–Kier alpha value is -0.740. The van der Waals surface area contributed by atoms with Crippen molar-refractivity contribution < 1.29 is 4.39 Å². The monoisotopic (exact) mass is 282 g/mol. The molecule has 19 heavy (non-hydrogen) atoms. The molecule has 106 valence electrons. The van der Waals surface area contributed by atoms with Crippen LogP contribution in [-0.4, -0.2) is 30.1 Å². The van der Waals surface area contributed by atoms with Gasteiger partial charge in [-0.1, -0.05) is 19.9 Å².